The maximum Gasteiger partial charge on any atom is 0.416 e. The van der Waals surface area contributed by atoms with Gasteiger partial charge in [0, 0.05) is 0 Å². The van der Waals surface area contributed by atoms with Gasteiger partial charge in [0.1, 0.15) is 0 Å². The summed E-state index contributed by atoms with van der Waals surface area (Å²) in [4.78, 5) is 0. The minimum Gasteiger partial charge on any atom is -0.365 e. The van der Waals surface area contributed by atoms with Gasteiger partial charge in [-0.3, -0.25) is 0 Å². The summed E-state index contributed by atoms with van der Waals surface area (Å²) in [6.07, 6.45) is 5.44. The van der Waals surface area contributed by atoms with Crippen LogP contribution >= 0.6 is 0 Å². The quantitative estimate of drug-likeness (QED) is 0.217. The largest absolute Gasteiger partial charge is 0.416 e. The number of alkyl halides is 6. The lowest BCUT2D eigenvalue weighted by atomic mass is 9.74. The van der Waals surface area contributed by atoms with E-state index in [0.29, 0.717) is 11.8 Å². The molecule has 4 rings (SSSR count). The van der Waals surface area contributed by atoms with Gasteiger partial charge in [0.25, 0.3) is 0 Å². The number of ether oxygens (including phenoxy) is 1. The molecule has 2 unspecified atom stereocenters. The molecule has 0 aliphatic heterocycles. The summed E-state index contributed by atoms with van der Waals surface area (Å²) < 4.78 is 87.5. The number of hydrogen-bond donors (Lipinski definition) is 0. The van der Waals surface area contributed by atoms with Crippen molar-refractivity contribution in [2.45, 2.75) is 128 Å². The van der Waals surface area contributed by atoms with E-state index < -0.39 is 35.7 Å². The molecule has 0 N–H and O–H groups in total. The number of benzene rings is 2. The van der Waals surface area contributed by atoms with Crippen LogP contribution in [0.4, 0.5) is 26.3 Å². The summed E-state index contributed by atoms with van der Waals surface area (Å²) in [6.45, 7) is 4.39. The van der Waals surface area contributed by atoms with Crippen LogP contribution in [0.15, 0.2) is 48.5 Å². The van der Waals surface area contributed by atoms with Crippen molar-refractivity contribution in [3.63, 3.8) is 0 Å². The van der Waals surface area contributed by atoms with E-state index in [1.807, 2.05) is 0 Å². The number of unbranched alkanes of at least 4 members (excludes halogenated alkanes) is 2. The van der Waals surface area contributed by atoms with E-state index in [1.54, 1.807) is 24.3 Å². The molecule has 2 aromatic rings. The SMILES string of the molecule is CCCCC1CCC(C(OC(c2ccc(C(F)(F)F)cc2)C2CCC(CCCC)CC2)c2ccc(C(F)(F)F)cc2)CC1. The van der Waals surface area contributed by atoms with Crippen molar-refractivity contribution < 1.29 is 31.1 Å². The zero-order valence-electron chi connectivity index (χ0n) is 25.7. The third-order valence-electron chi connectivity index (χ3n) is 10.00. The predicted octanol–water partition coefficient (Wildman–Crippen LogP) is 12.5. The highest BCUT2D eigenvalue weighted by Gasteiger charge is 2.37. The van der Waals surface area contributed by atoms with Crippen molar-refractivity contribution in [2.24, 2.45) is 23.7 Å². The molecule has 1 nitrogen and oxygen atoms in total. The molecule has 0 bridgehead atoms. The molecule has 0 amide bonds. The summed E-state index contributed by atoms with van der Waals surface area (Å²) in [5.41, 5.74) is 0.0584. The molecule has 0 saturated heterocycles. The second-order valence-corrected chi connectivity index (χ2v) is 13.1. The van der Waals surface area contributed by atoms with Gasteiger partial charge in [0.2, 0.25) is 0 Å². The molecule has 0 radical (unpaired) electrons. The van der Waals surface area contributed by atoms with Crippen LogP contribution in [0, 0.1) is 23.7 Å². The first kappa shape index (κ1) is 33.9. The zero-order valence-corrected chi connectivity index (χ0v) is 25.7. The van der Waals surface area contributed by atoms with E-state index in [9.17, 15) is 26.3 Å². The standard InChI is InChI=1S/C36H48F6O/c1-3-5-7-25-9-13-27(14-10-25)33(29-17-21-31(22-18-29)35(37,38)39)43-34(28-15-11-26(12-16-28)8-6-4-2)30-19-23-32(24-20-30)36(40,41)42/h17-28,33-34H,3-16H2,1-2H3. The lowest BCUT2D eigenvalue weighted by Crippen LogP contribution is -2.28. The van der Waals surface area contributed by atoms with Crippen LogP contribution in [0.2, 0.25) is 0 Å². The van der Waals surface area contributed by atoms with Crippen molar-refractivity contribution in [3.05, 3.63) is 70.8 Å². The zero-order chi connectivity index (χ0) is 31.0. The third-order valence-corrected chi connectivity index (χ3v) is 10.00. The molecule has 0 heterocycles. The fourth-order valence-corrected chi connectivity index (χ4v) is 7.35. The number of rotatable bonds is 12. The Morgan fingerprint density at radius 2 is 0.884 bits per heavy atom. The van der Waals surface area contributed by atoms with Crippen LogP contribution in [-0.4, -0.2) is 0 Å². The van der Waals surface area contributed by atoms with Crippen molar-refractivity contribution in [2.75, 3.05) is 0 Å². The Balaban J connectivity index is 1.63. The van der Waals surface area contributed by atoms with Crippen LogP contribution in [0.5, 0.6) is 0 Å². The first-order valence-corrected chi connectivity index (χ1v) is 16.5. The molecular formula is C36H48F6O. The monoisotopic (exact) mass is 610 g/mol. The fourth-order valence-electron chi connectivity index (χ4n) is 7.35. The van der Waals surface area contributed by atoms with Crippen LogP contribution in [0.3, 0.4) is 0 Å². The minimum atomic E-state index is -4.43. The van der Waals surface area contributed by atoms with Crippen molar-refractivity contribution in [3.8, 4) is 0 Å². The predicted molar refractivity (Wildman–Crippen MR) is 159 cm³/mol. The lowest BCUT2D eigenvalue weighted by Gasteiger charge is -2.40. The highest BCUT2D eigenvalue weighted by atomic mass is 19.4. The number of halogens is 6. The first-order chi connectivity index (χ1) is 20.5. The maximum atomic E-state index is 13.4. The number of hydrogen-bond acceptors (Lipinski definition) is 1. The van der Waals surface area contributed by atoms with E-state index in [-0.39, 0.29) is 11.8 Å². The topological polar surface area (TPSA) is 9.23 Å². The third kappa shape index (κ3) is 9.48. The van der Waals surface area contributed by atoms with Crippen molar-refractivity contribution in [1.82, 2.24) is 0 Å². The molecule has 0 spiro atoms. The summed E-state index contributed by atoms with van der Waals surface area (Å²) >= 11 is 0. The van der Waals surface area contributed by atoms with Gasteiger partial charge in [-0.25, -0.2) is 0 Å². The Kier molecular flexibility index (Phi) is 12.1. The van der Waals surface area contributed by atoms with Gasteiger partial charge < -0.3 is 4.74 Å². The Hall–Kier alpha value is -2.02. The Bertz CT molecular complexity index is 987. The second-order valence-electron chi connectivity index (χ2n) is 13.1. The van der Waals surface area contributed by atoms with E-state index in [2.05, 4.69) is 13.8 Å². The van der Waals surface area contributed by atoms with Gasteiger partial charge in [-0.15, -0.1) is 0 Å². The molecule has 2 aliphatic carbocycles. The highest BCUT2D eigenvalue weighted by Crippen LogP contribution is 2.47. The maximum absolute atomic E-state index is 13.4. The Morgan fingerprint density at radius 3 is 1.16 bits per heavy atom. The minimum absolute atomic E-state index is 0.146. The van der Waals surface area contributed by atoms with E-state index in [0.717, 1.165) is 99.6 Å². The average molecular weight is 611 g/mol. The molecule has 43 heavy (non-hydrogen) atoms. The summed E-state index contributed by atoms with van der Waals surface area (Å²) in [5.74, 6) is 1.61. The molecule has 240 valence electrons. The van der Waals surface area contributed by atoms with E-state index in [4.69, 9.17) is 4.74 Å². The first-order valence-electron chi connectivity index (χ1n) is 16.5. The summed E-state index contributed by atoms with van der Waals surface area (Å²) in [7, 11) is 0. The van der Waals surface area contributed by atoms with E-state index >= 15 is 0 Å². The van der Waals surface area contributed by atoms with Gasteiger partial charge in [-0.2, -0.15) is 26.3 Å². The van der Waals surface area contributed by atoms with Gasteiger partial charge in [0.05, 0.1) is 23.3 Å². The molecular weight excluding hydrogens is 562 g/mol. The molecule has 2 atom stereocenters. The Labute approximate surface area is 253 Å². The normalized spacial score (nSPS) is 24.9. The molecule has 7 heteroatoms. The molecule has 0 aromatic heterocycles. The Morgan fingerprint density at radius 1 is 0.558 bits per heavy atom. The lowest BCUT2D eigenvalue weighted by molar-refractivity contribution is -0.138. The summed E-state index contributed by atoms with van der Waals surface area (Å²) in [6, 6.07) is 10.7. The summed E-state index contributed by atoms with van der Waals surface area (Å²) in [5, 5.41) is 0. The van der Waals surface area contributed by atoms with Gasteiger partial charge in [-0.1, -0.05) is 102 Å². The van der Waals surface area contributed by atoms with E-state index in [1.165, 1.54) is 25.7 Å². The second kappa shape index (κ2) is 15.3. The van der Waals surface area contributed by atoms with Crippen LogP contribution in [0.1, 0.15) is 138 Å². The average Bonchev–Trinajstić information content (AvgIpc) is 3.00. The molecule has 2 aliphatic rings. The molecule has 2 aromatic carbocycles. The van der Waals surface area contributed by atoms with Gasteiger partial charge in [0.15, 0.2) is 0 Å². The molecule has 2 saturated carbocycles. The van der Waals surface area contributed by atoms with Crippen LogP contribution < -0.4 is 0 Å². The fraction of sp³-hybridized carbons (Fsp3) is 0.667. The van der Waals surface area contributed by atoms with Crippen LogP contribution in [-0.2, 0) is 17.1 Å². The highest BCUT2D eigenvalue weighted by molar-refractivity contribution is 5.29. The van der Waals surface area contributed by atoms with Crippen LogP contribution in [0.25, 0.3) is 0 Å². The van der Waals surface area contributed by atoms with Crippen molar-refractivity contribution in [1.29, 1.82) is 0 Å². The smallest absolute Gasteiger partial charge is 0.365 e. The van der Waals surface area contributed by atoms with Gasteiger partial charge >= 0.3 is 12.4 Å². The van der Waals surface area contributed by atoms with Gasteiger partial charge in [-0.05, 0) is 84.7 Å². The molecule has 2 fully saturated rings. The van der Waals surface area contributed by atoms with Crippen molar-refractivity contribution >= 4 is 0 Å².